The van der Waals surface area contributed by atoms with Crippen LogP contribution in [0.1, 0.15) is 45.7 Å². The number of ketones is 1. The highest BCUT2D eigenvalue weighted by molar-refractivity contribution is 5.95. The van der Waals surface area contributed by atoms with Crippen LogP contribution in [0.3, 0.4) is 0 Å². The van der Waals surface area contributed by atoms with Gasteiger partial charge in [0.25, 0.3) is 0 Å². The van der Waals surface area contributed by atoms with E-state index < -0.39 is 10.8 Å². The van der Waals surface area contributed by atoms with Gasteiger partial charge in [0.2, 0.25) is 0 Å². The zero-order valence-corrected chi connectivity index (χ0v) is 18.7. The number of rotatable bonds is 3. The highest BCUT2D eigenvalue weighted by Crippen LogP contribution is 2.70. The first-order valence-electron chi connectivity index (χ1n) is 11.4. The van der Waals surface area contributed by atoms with Crippen molar-refractivity contribution in [2.24, 2.45) is 28.6 Å². The standard InChI is InChI=1S/C27H28FNO3/c1-16-12-26-13-21(30)14-27(26,18(3)32-25(26)31)23(17(16)2)11-10-20-9-8-19(15-29-20)22-6-4-5-7-24(22)28/h4-11,15-18,23H,12-14H2,1-3H3/b11-10+/t16-,17+,18+,23-,26+,27-/m0/s1. The number of hydrogen-bond acceptors (Lipinski definition) is 4. The molecule has 2 aliphatic carbocycles. The van der Waals surface area contributed by atoms with Gasteiger partial charge in [0.1, 0.15) is 17.7 Å². The van der Waals surface area contributed by atoms with Crippen molar-refractivity contribution in [2.75, 3.05) is 0 Å². The van der Waals surface area contributed by atoms with Gasteiger partial charge in [-0.1, -0.05) is 44.2 Å². The van der Waals surface area contributed by atoms with E-state index in [-0.39, 0.29) is 29.6 Å². The highest BCUT2D eigenvalue weighted by atomic mass is 19.1. The molecule has 0 radical (unpaired) electrons. The average molecular weight is 434 g/mol. The molecule has 0 amide bonds. The first kappa shape index (κ1) is 21.0. The Morgan fingerprint density at radius 3 is 2.59 bits per heavy atom. The normalized spacial score (nSPS) is 36.2. The van der Waals surface area contributed by atoms with Gasteiger partial charge in [0, 0.05) is 35.6 Å². The van der Waals surface area contributed by atoms with Crippen molar-refractivity contribution in [3.8, 4) is 11.1 Å². The number of pyridine rings is 1. The molecule has 3 aliphatic rings. The summed E-state index contributed by atoms with van der Waals surface area (Å²) in [6, 6.07) is 10.4. The molecule has 2 saturated carbocycles. The lowest BCUT2D eigenvalue weighted by molar-refractivity contribution is -0.151. The number of Topliss-reactive ketones (excluding diaryl/α,β-unsaturated/α-hetero) is 1. The van der Waals surface area contributed by atoms with Crippen molar-refractivity contribution in [3.63, 3.8) is 0 Å². The minimum absolute atomic E-state index is 0.0344. The van der Waals surface area contributed by atoms with Crippen molar-refractivity contribution in [1.29, 1.82) is 0 Å². The van der Waals surface area contributed by atoms with Gasteiger partial charge >= 0.3 is 5.97 Å². The Morgan fingerprint density at radius 1 is 1.09 bits per heavy atom. The van der Waals surface area contributed by atoms with E-state index in [1.54, 1.807) is 24.4 Å². The molecule has 0 bridgehead atoms. The number of hydrogen-bond donors (Lipinski definition) is 0. The summed E-state index contributed by atoms with van der Waals surface area (Å²) >= 11 is 0. The number of ether oxygens (including phenoxy) is 1. The molecule has 3 fully saturated rings. The molecule has 1 aliphatic heterocycles. The number of halogens is 1. The van der Waals surface area contributed by atoms with E-state index in [1.807, 2.05) is 25.1 Å². The van der Waals surface area contributed by atoms with Crippen molar-refractivity contribution < 1.29 is 18.7 Å². The number of benzene rings is 1. The molecule has 1 aromatic heterocycles. The Morgan fingerprint density at radius 2 is 1.88 bits per heavy atom. The summed E-state index contributed by atoms with van der Waals surface area (Å²) in [7, 11) is 0. The molecule has 5 rings (SSSR count). The number of aromatic nitrogens is 1. The van der Waals surface area contributed by atoms with E-state index in [4.69, 9.17) is 4.74 Å². The van der Waals surface area contributed by atoms with Gasteiger partial charge in [-0.25, -0.2) is 4.39 Å². The lowest BCUT2D eigenvalue weighted by atomic mass is 9.47. The first-order chi connectivity index (χ1) is 15.3. The predicted molar refractivity (Wildman–Crippen MR) is 120 cm³/mol. The molecule has 6 atom stereocenters. The SMILES string of the molecule is C[C@@H]1[C@@H](C)C[C@]23CC(=O)C[C@]2([C@@H](C)OC3=O)[C@H]1/C=C/c1ccc(-c2ccccc2F)cn1. The Kier molecular flexibility index (Phi) is 4.84. The Bertz CT molecular complexity index is 1110. The molecule has 0 spiro atoms. The molecular weight excluding hydrogens is 405 g/mol. The molecule has 2 heterocycles. The molecule has 5 heteroatoms. The molecular formula is C27H28FNO3. The quantitative estimate of drug-likeness (QED) is 0.602. The van der Waals surface area contributed by atoms with Crippen LogP contribution < -0.4 is 0 Å². The van der Waals surface area contributed by atoms with Gasteiger partial charge in [-0.2, -0.15) is 0 Å². The minimum atomic E-state index is -0.702. The average Bonchev–Trinajstić information content (AvgIpc) is 3.17. The summed E-state index contributed by atoms with van der Waals surface area (Å²) in [5.41, 5.74) is 0.819. The summed E-state index contributed by atoms with van der Waals surface area (Å²) in [4.78, 5) is 30.2. The van der Waals surface area contributed by atoms with Crippen LogP contribution in [0.4, 0.5) is 4.39 Å². The molecule has 166 valence electrons. The third kappa shape index (κ3) is 2.83. The maximum absolute atomic E-state index is 14.1. The first-order valence-corrected chi connectivity index (χ1v) is 11.4. The number of nitrogens with zero attached hydrogens (tertiary/aromatic N) is 1. The van der Waals surface area contributed by atoms with Crippen LogP contribution in [-0.2, 0) is 14.3 Å². The van der Waals surface area contributed by atoms with Gasteiger partial charge in [-0.05, 0) is 49.3 Å². The van der Waals surface area contributed by atoms with Crippen molar-refractivity contribution in [2.45, 2.75) is 46.1 Å². The zero-order chi connectivity index (χ0) is 22.7. The maximum Gasteiger partial charge on any atom is 0.313 e. The van der Waals surface area contributed by atoms with Crippen LogP contribution in [-0.4, -0.2) is 22.8 Å². The summed E-state index contributed by atoms with van der Waals surface area (Å²) in [5.74, 6) is 0.342. The van der Waals surface area contributed by atoms with Gasteiger partial charge < -0.3 is 4.74 Å². The number of esters is 1. The molecule has 32 heavy (non-hydrogen) atoms. The summed E-state index contributed by atoms with van der Waals surface area (Å²) < 4.78 is 19.9. The molecule has 0 N–H and O–H groups in total. The second-order valence-corrected chi connectivity index (χ2v) is 9.94. The topological polar surface area (TPSA) is 56.3 Å². The van der Waals surface area contributed by atoms with Crippen LogP contribution in [0.15, 0.2) is 48.7 Å². The Labute approximate surface area is 187 Å². The minimum Gasteiger partial charge on any atom is -0.462 e. The fraction of sp³-hybridized carbons (Fsp3) is 0.444. The van der Waals surface area contributed by atoms with Gasteiger partial charge in [0.15, 0.2) is 0 Å². The van der Waals surface area contributed by atoms with Crippen LogP contribution in [0.2, 0.25) is 0 Å². The lowest BCUT2D eigenvalue weighted by Crippen LogP contribution is -2.54. The monoisotopic (exact) mass is 433 g/mol. The van der Waals surface area contributed by atoms with E-state index in [2.05, 4.69) is 24.9 Å². The second kappa shape index (κ2) is 7.36. The van der Waals surface area contributed by atoms with E-state index in [9.17, 15) is 14.0 Å². The van der Waals surface area contributed by atoms with Gasteiger partial charge in [0.05, 0.1) is 11.1 Å². The van der Waals surface area contributed by atoms with E-state index in [0.717, 1.165) is 11.3 Å². The van der Waals surface area contributed by atoms with E-state index in [0.29, 0.717) is 36.7 Å². The van der Waals surface area contributed by atoms with Crippen molar-refractivity contribution in [1.82, 2.24) is 4.98 Å². The third-order valence-corrected chi connectivity index (χ3v) is 8.45. The zero-order valence-electron chi connectivity index (χ0n) is 18.7. The van der Waals surface area contributed by atoms with E-state index in [1.165, 1.54) is 6.07 Å². The number of cyclic esters (lactones) is 1. The second-order valence-electron chi connectivity index (χ2n) is 9.94. The maximum atomic E-state index is 14.1. The van der Waals surface area contributed by atoms with Crippen LogP contribution in [0.25, 0.3) is 17.2 Å². The van der Waals surface area contributed by atoms with Crippen LogP contribution in [0.5, 0.6) is 0 Å². The van der Waals surface area contributed by atoms with Gasteiger partial charge in [-0.15, -0.1) is 0 Å². The number of allylic oxidation sites excluding steroid dienone is 1. The third-order valence-electron chi connectivity index (χ3n) is 8.45. The van der Waals surface area contributed by atoms with Crippen molar-refractivity contribution in [3.05, 3.63) is 60.2 Å². The molecule has 0 unspecified atom stereocenters. The van der Waals surface area contributed by atoms with Crippen LogP contribution in [0, 0.1) is 34.4 Å². The molecule has 2 aromatic rings. The Balaban J connectivity index is 1.49. The Hall–Kier alpha value is -2.82. The molecule has 1 aromatic carbocycles. The molecule has 4 nitrogen and oxygen atoms in total. The largest absolute Gasteiger partial charge is 0.462 e. The predicted octanol–water partition coefficient (Wildman–Crippen LogP) is 5.47. The summed E-state index contributed by atoms with van der Waals surface area (Å²) in [6.07, 6.45) is 6.90. The van der Waals surface area contributed by atoms with Crippen molar-refractivity contribution >= 4 is 17.8 Å². The van der Waals surface area contributed by atoms with Gasteiger partial charge in [-0.3, -0.25) is 14.6 Å². The fourth-order valence-corrected chi connectivity index (χ4v) is 6.75. The van der Waals surface area contributed by atoms with E-state index >= 15 is 0 Å². The number of carbonyl (C=O) groups is 2. The number of carbonyl (C=O) groups excluding carboxylic acids is 2. The summed E-state index contributed by atoms with van der Waals surface area (Å²) in [6.45, 7) is 6.33. The smallest absolute Gasteiger partial charge is 0.313 e. The summed E-state index contributed by atoms with van der Waals surface area (Å²) in [5, 5.41) is 0. The molecule has 1 saturated heterocycles. The van der Waals surface area contributed by atoms with Crippen LogP contribution >= 0.6 is 0 Å². The highest BCUT2D eigenvalue weighted by Gasteiger charge is 2.75. The fourth-order valence-electron chi connectivity index (χ4n) is 6.75. The lowest BCUT2D eigenvalue weighted by Gasteiger charge is -2.52.